The first-order valence-electron chi connectivity index (χ1n) is 7.39. The average molecular weight is 323 g/mol. The van der Waals surface area contributed by atoms with Gasteiger partial charge in [0.05, 0.1) is 5.39 Å². The summed E-state index contributed by atoms with van der Waals surface area (Å²) in [5.74, 6) is 2.99. The van der Waals surface area contributed by atoms with Crippen LogP contribution in [-0.2, 0) is 0 Å². The van der Waals surface area contributed by atoms with Gasteiger partial charge >= 0.3 is 0 Å². The molecule has 0 saturated carbocycles. The minimum Gasteiger partial charge on any atom is -0.354 e. The van der Waals surface area contributed by atoms with Crippen LogP contribution in [0.1, 0.15) is 25.6 Å². The first-order chi connectivity index (χ1) is 9.98. The molecule has 0 unspecified atom stereocenters. The van der Waals surface area contributed by atoms with E-state index in [2.05, 4.69) is 49.0 Å². The standard InChI is InChI=1S/C15H22N4S2/c1-5-16-14-17-12(11-8-10(2)21-13(11)18-14)19-6-7-20-15(3,4)9-19/h8H,5-7,9H2,1-4H3,(H,16,17,18). The van der Waals surface area contributed by atoms with Crippen LogP contribution < -0.4 is 10.2 Å². The number of nitrogens with one attached hydrogen (secondary N) is 1. The van der Waals surface area contributed by atoms with Crippen LogP contribution in [0.15, 0.2) is 6.07 Å². The first-order valence-corrected chi connectivity index (χ1v) is 9.20. The van der Waals surface area contributed by atoms with Gasteiger partial charge in [-0.1, -0.05) is 0 Å². The van der Waals surface area contributed by atoms with Gasteiger partial charge in [-0.3, -0.25) is 0 Å². The van der Waals surface area contributed by atoms with E-state index in [1.165, 1.54) is 10.3 Å². The fraction of sp³-hybridized carbons (Fsp3) is 0.600. The number of hydrogen-bond acceptors (Lipinski definition) is 6. The Morgan fingerprint density at radius 1 is 1.38 bits per heavy atom. The van der Waals surface area contributed by atoms with Crippen molar-refractivity contribution in [2.24, 2.45) is 0 Å². The molecule has 21 heavy (non-hydrogen) atoms. The molecule has 6 heteroatoms. The molecule has 0 bridgehead atoms. The van der Waals surface area contributed by atoms with E-state index in [1.807, 2.05) is 11.8 Å². The van der Waals surface area contributed by atoms with Crippen LogP contribution in [-0.4, -0.2) is 40.1 Å². The lowest BCUT2D eigenvalue weighted by Crippen LogP contribution is -2.43. The van der Waals surface area contributed by atoms with Gasteiger partial charge in [-0.05, 0) is 33.8 Å². The van der Waals surface area contributed by atoms with Gasteiger partial charge in [0.2, 0.25) is 5.95 Å². The van der Waals surface area contributed by atoms with E-state index in [9.17, 15) is 0 Å². The van der Waals surface area contributed by atoms with Crippen LogP contribution in [0, 0.1) is 6.92 Å². The SMILES string of the molecule is CCNc1nc(N2CCSC(C)(C)C2)c2cc(C)sc2n1. The van der Waals surface area contributed by atoms with Gasteiger partial charge in [0.15, 0.2) is 0 Å². The molecule has 2 aromatic rings. The quantitative estimate of drug-likeness (QED) is 0.932. The molecular formula is C15H22N4S2. The van der Waals surface area contributed by atoms with Crippen LogP contribution in [0.3, 0.4) is 0 Å². The number of thiophene rings is 1. The number of aromatic nitrogens is 2. The molecule has 1 N–H and O–H groups in total. The van der Waals surface area contributed by atoms with Crippen molar-refractivity contribution >= 4 is 45.1 Å². The zero-order valence-corrected chi connectivity index (χ0v) is 14.7. The largest absolute Gasteiger partial charge is 0.354 e. The summed E-state index contributed by atoms with van der Waals surface area (Å²) >= 11 is 3.79. The van der Waals surface area contributed by atoms with Gasteiger partial charge in [0.25, 0.3) is 0 Å². The van der Waals surface area contributed by atoms with Crippen molar-refractivity contribution in [3.63, 3.8) is 0 Å². The van der Waals surface area contributed by atoms with Gasteiger partial charge in [-0.15, -0.1) is 11.3 Å². The molecule has 0 atom stereocenters. The molecule has 0 amide bonds. The van der Waals surface area contributed by atoms with Crippen molar-refractivity contribution in [1.29, 1.82) is 0 Å². The number of fused-ring (bicyclic) bond motifs is 1. The Bertz CT molecular complexity index is 650. The molecule has 0 aliphatic carbocycles. The highest BCUT2D eigenvalue weighted by molar-refractivity contribution is 8.00. The summed E-state index contributed by atoms with van der Waals surface area (Å²) in [6.45, 7) is 11.8. The summed E-state index contributed by atoms with van der Waals surface area (Å²) < 4.78 is 0.277. The van der Waals surface area contributed by atoms with E-state index in [4.69, 9.17) is 4.98 Å². The Morgan fingerprint density at radius 3 is 2.90 bits per heavy atom. The Balaban J connectivity index is 2.06. The second kappa shape index (κ2) is 5.65. The Hall–Kier alpha value is -1.01. The van der Waals surface area contributed by atoms with Crippen molar-refractivity contribution in [1.82, 2.24) is 9.97 Å². The van der Waals surface area contributed by atoms with E-state index in [0.29, 0.717) is 0 Å². The van der Waals surface area contributed by atoms with Gasteiger partial charge in [0.1, 0.15) is 10.6 Å². The van der Waals surface area contributed by atoms with E-state index < -0.39 is 0 Å². The molecule has 3 heterocycles. The van der Waals surface area contributed by atoms with Crippen molar-refractivity contribution in [3.8, 4) is 0 Å². The topological polar surface area (TPSA) is 41.1 Å². The predicted octanol–water partition coefficient (Wildman–Crippen LogP) is 3.76. The second-order valence-corrected chi connectivity index (χ2v) is 9.04. The highest BCUT2D eigenvalue weighted by atomic mass is 32.2. The summed E-state index contributed by atoms with van der Waals surface area (Å²) in [4.78, 5) is 14.2. The Labute approximate surface area is 134 Å². The maximum Gasteiger partial charge on any atom is 0.226 e. The van der Waals surface area contributed by atoms with Crippen molar-refractivity contribution in [3.05, 3.63) is 10.9 Å². The van der Waals surface area contributed by atoms with Gasteiger partial charge in [0, 0.05) is 35.0 Å². The van der Waals surface area contributed by atoms with E-state index in [-0.39, 0.29) is 4.75 Å². The number of aryl methyl sites for hydroxylation is 1. The minimum atomic E-state index is 0.277. The van der Waals surface area contributed by atoms with Crippen LogP contribution in [0.25, 0.3) is 10.2 Å². The number of anilines is 2. The third kappa shape index (κ3) is 3.11. The summed E-state index contributed by atoms with van der Waals surface area (Å²) in [7, 11) is 0. The molecular weight excluding hydrogens is 300 g/mol. The van der Waals surface area contributed by atoms with E-state index >= 15 is 0 Å². The monoisotopic (exact) mass is 322 g/mol. The molecule has 3 rings (SSSR count). The van der Waals surface area contributed by atoms with E-state index in [1.54, 1.807) is 11.3 Å². The van der Waals surface area contributed by atoms with Crippen LogP contribution >= 0.6 is 23.1 Å². The summed E-state index contributed by atoms with van der Waals surface area (Å²) in [6.07, 6.45) is 0. The van der Waals surface area contributed by atoms with Crippen LogP contribution in [0.2, 0.25) is 0 Å². The molecule has 1 saturated heterocycles. The van der Waals surface area contributed by atoms with Crippen LogP contribution in [0.5, 0.6) is 0 Å². The molecule has 1 aliphatic rings. The Kier molecular flexibility index (Phi) is 4.01. The number of nitrogens with zero attached hydrogens (tertiary/aromatic N) is 3. The molecule has 0 aromatic carbocycles. The van der Waals surface area contributed by atoms with Gasteiger partial charge in [-0.2, -0.15) is 16.7 Å². The highest BCUT2D eigenvalue weighted by Gasteiger charge is 2.29. The normalized spacial score (nSPS) is 18.2. The molecule has 0 radical (unpaired) electrons. The Morgan fingerprint density at radius 2 is 2.19 bits per heavy atom. The zero-order valence-electron chi connectivity index (χ0n) is 13.1. The lowest BCUT2D eigenvalue weighted by Gasteiger charge is -2.38. The number of rotatable bonds is 3. The smallest absolute Gasteiger partial charge is 0.226 e. The lowest BCUT2D eigenvalue weighted by atomic mass is 10.1. The maximum atomic E-state index is 4.79. The third-order valence-corrected chi connectivity index (χ3v) is 5.80. The average Bonchev–Trinajstić information content (AvgIpc) is 2.77. The van der Waals surface area contributed by atoms with Gasteiger partial charge < -0.3 is 10.2 Å². The third-order valence-electron chi connectivity index (χ3n) is 3.56. The van der Waals surface area contributed by atoms with Crippen LogP contribution in [0.4, 0.5) is 11.8 Å². The second-order valence-electron chi connectivity index (χ2n) is 6.01. The molecule has 1 aliphatic heterocycles. The fourth-order valence-electron chi connectivity index (χ4n) is 2.70. The summed E-state index contributed by atoms with van der Waals surface area (Å²) in [6, 6.07) is 2.22. The maximum absolute atomic E-state index is 4.79. The van der Waals surface area contributed by atoms with Crippen molar-refractivity contribution in [2.75, 3.05) is 35.6 Å². The van der Waals surface area contributed by atoms with Gasteiger partial charge in [-0.25, -0.2) is 4.98 Å². The minimum absolute atomic E-state index is 0.277. The van der Waals surface area contributed by atoms with E-state index in [0.717, 1.165) is 42.0 Å². The molecule has 4 nitrogen and oxygen atoms in total. The summed E-state index contributed by atoms with van der Waals surface area (Å²) in [5, 5.41) is 4.46. The summed E-state index contributed by atoms with van der Waals surface area (Å²) in [5.41, 5.74) is 0. The molecule has 2 aromatic heterocycles. The lowest BCUT2D eigenvalue weighted by molar-refractivity contribution is 0.644. The predicted molar refractivity (Wildman–Crippen MR) is 95.1 cm³/mol. The zero-order chi connectivity index (χ0) is 15.0. The number of hydrogen-bond donors (Lipinski definition) is 1. The molecule has 114 valence electrons. The molecule has 1 fully saturated rings. The molecule has 0 spiro atoms. The van der Waals surface area contributed by atoms with Crippen molar-refractivity contribution in [2.45, 2.75) is 32.4 Å². The highest BCUT2D eigenvalue weighted by Crippen LogP contribution is 2.36. The fourth-order valence-corrected chi connectivity index (χ4v) is 4.69. The van der Waals surface area contributed by atoms with Crippen molar-refractivity contribution < 1.29 is 0 Å². The first kappa shape index (κ1) is 14.9. The number of thioether (sulfide) groups is 1.